The number of aliphatic imine (C=N–C) groups is 1. The minimum Gasteiger partial charge on any atom is -0.497 e. The second-order valence-electron chi connectivity index (χ2n) is 8.73. The number of ether oxygens (including phenoxy) is 1. The number of carbonyl (C=O) groups is 1. The zero-order valence-corrected chi connectivity index (χ0v) is 22.2. The molecular formula is C23H40IN5O2. The summed E-state index contributed by atoms with van der Waals surface area (Å²) in [5.41, 5.74) is 1.05. The summed E-state index contributed by atoms with van der Waals surface area (Å²) >= 11 is 0. The SMILES string of the molecule is CCN1CCCC1CNC(=NCC(=O)N(C)C)NCC(C)(C)c1cccc(OC)c1.I. The van der Waals surface area contributed by atoms with Crippen molar-refractivity contribution in [1.29, 1.82) is 0 Å². The summed E-state index contributed by atoms with van der Waals surface area (Å²) in [4.78, 5) is 20.7. The van der Waals surface area contributed by atoms with Crippen LogP contribution in [0.3, 0.4) is 0 Å². The van der Waals surface area contributed by atoms with Crippen molar-refractivity contribution in [2.45, 2.75) is 45.1 Å². The number of hydrogen-bond acceptors (Lipinski definition) is 4. The van der Waals surface area contributed by atoms with Crippen molar-refractivity contribution in [3.8, 4) is 5.75 Å². The van der Waals surface area contributed by atoms with Crippen molar-refractivity contribution in [2.75, 3.05) is 53.9 Å². The molecule has 1 atom stereocenters. The number of nitrogens with zero attached hydrogens (tertiary/aromatic N) is 3. The van der Waals surface area contributed by atoms with Crippen molar-refractivity contribution in [3.05, 3.63) is 29.8 Å². The quantitative estimate of drug-likeness (QED) is 0.284. The highest BCUT2D eigenvalue weighted by molar-refractivity contribution is 14.0. The maximum atomic E-state index is 12.0. The fourth-order valence-electron chi connectivity index (χ4n) is 3.67. The molecule has 2 N–H and O–H groups in total. The lowest BCUT2D eigenvalue weighted by Gasteiger charge is -2.28. The Labute approximate surface area is 205 Å². The summed E-state index contributed by atoms with van der Waals surface area (Å²) in [5.74, 6) is 1.52. The van der Waals surface area contributed by atoms with E-state index < -0.39 is 0 Å². The van der Waals surface area contributed by atoms with Crippen LogP contribution in [0.2, 0.25) is 0 Å². The van der Waals surface area contributed by atoms with E-state index in [-0.39, 0.29) is 41.8 Å². The first kappa shape index (κ1) is 27.5. The Balaban J connectivity index is 0.00000480. The monoisotopic (exact) mass is 545 g/mol. The van der Waals surface area contributed by atoms with Crippen LogP contribution in [0.5, 0.6) is 5.75 Å². The van der Waals surface area contributed by atoms with Gasteiger partial charge in [-0.15, -0.1) is 24.0 Å². The normalized spacial score (nSPS) is 17.1. The molecule has 176 valence electrons. The van der Waals surface area contributed by atoms with E-state index in [4.69, 9.17) is 4.74 Å². The van der Waals surface area contributed by atoms with Gasteiger partial charge in [-0.2, -0.15) is 0 Å². The van der Waals surface area contributed by atoms with Crippen molar-refractivity contribution >= 4 is 35.8 Å². The molecule has 1 aromatic carbocycles. The molecule has 2 rings (SSSR count). The van der Waals surface area contributed by atoms with Gasteiger partial charge < -0.3 is 20.3 Å². The van der Waals surface area contributed by atoms with Crippen LogP contribution in [0.25, 0.3) is 0 Å². The van der Waals surface area contributed by atoms with Crippen LogP contribution in [0.4, 0.5) is 0 Å². The van der Waals surface area contributed by atoms with Crippen molar-refractivity contribution < 1.29 is 9.53 Å². The van der Waals surface area contributed by atoms with Crippen LogP contribution in [-0.4, -0.2) is 81.6 Å². The molecule has 1 unspecified atom stereocenters. The highest BCUT2D eigenvalue weighted by Gasteiger charge is 2.24. The molecule has 0 aliphatic carbocycles. The molecule has 0 radical (unpaired) electrons. The lowest BCUT2D eigenvalue weighted by atomic mass is 9.84. The maximum absolute atomic E-state index is 12.0. The molecule has 1 amide bonds. The molecule has 0 bridgehead atoms. The number of likely N-dealkylation sites (N-methyl/N-ethyl adjacent to an activating group) is 2. The molecule has 7 nitrogen and oxygen atoms in total. The first-order valence-corrected chi connectivity index (χ1v) is 10.9. The lowest BCUT2D eigenvalue weighted by molar-refractivity contribution is -0.127. The van der Waals surface area contributed by atoms with Gasteiger partial charge in [0.25, 0.3) is 0 Å². The Hall–Kier alpha value is -1.55. The largest absolute Gasteiger partial charge is 0.497 e. The Bertz CT molecular complexity index is 724. The number of carbonyl (C=O) groups excluding carboxylic acids is 1. The zero-order chi connectivity index (χ0) is 22.1. The number of nitrogens with one attached hydrogen (secondary N) is 2. The molecule has 1 aromatic rings. The number of halogens is 1. The second kappa shape index (κ2) is 13.1. The van der Waals surface area contributed by atoms with E-state index in [0.29, 0.717) is 18.5 Å². The van der Waals surface area contributed by atoms with E-state index in [2.05, 4.69) is 53.4 Å². The molecule has 1 saturated heterocycles. The van der Waals surface area contributed by atoms with Gasteiger partial charge in [0.2, 0.25) is 5.91 Å². The topological polar surface area (TPSA) is 69.2 Å². The van der Waals surface area contributed by atoms with E-state index in [0.717, 1.165) is 25.4 Å². The van der Waals surface area contributed by atoms with Crippen molar-refractivity contribution in [2.24, 2.45) is 4.99 Å². The summed E-state index contributed by atoms with van der Waals surface area (Å²) in [6, 6.07) is 8.66. The van der Waals surface area contributed by atoms with Crippen LogP contribution >= 0.6 is 24.0 Å². The number of guanidine groups is 1. The Morgan fingerprint density at radius 3 is 2.71 bits per heavy atom. The van der Waals surface area contributed by atoms with Crippen molar-refractivity contribution in [1.82, 2.24) is 20.4 Å². The van der Waals surface area contributed by atoms with E-state index in [9.17, 15) is 4.79 Å². The third-order valence-corrected chi connectivity index (χ3v) is 5.83. The van der Waals surface area contributed by atoms with Crippen LogP contribution in [0.15, 0.2) is 29.3 Å². The molecule has 0 spiro atoms. The third kappa shape index (κ3) is 8.48. The van der Waals surface area contributed by atoms with Crippen LogP contribution < -0.4 is 15.4 Å². The Morgan fingerprint density at radius 1 is 1.32 bits per heavy atom. The number of hydrogen-bond donors (Lipinski definition) is 2. The van der Waals surface area contributed by atoms with E-state index >= 15 is 0 Å². The van der Waals surface area contributed by atoms with E-state index in [1.807, 2.05) is 12.1 Å². The van der Waals surface area contributed by atoms with Crippen LogP contribution in [-0.2, 0) is 10.2 Å². The number of methoxy groups -OCH3 is 1. The average Bonchev–Trinajstić information content (AvgIpc) is 3.20. The van der Waals surface area contributed by atoms with E-state index in [1.165, 1.54) is 18.4 Å². The summed E-state index contributed by atoms with van der Waals surface area (Å²) in [5, 5.41) is 6.92. The minimum atomic E-state index is -0.134. The molecule has 0 aromatic heterocycles. The molecule has 1 fully saturated rings. The summed E-state index contributed by atoms with van der Waals surface area (Å²) < 4.78 is 5.38. The Kier molecular flexibility index (Phi) is 11.6. The highest BCUT2D eigenvalue weighted by Crippen LogP contribution is 2.25. The smallest absolute Gasteiger partial charge is 0.243 e. The van der Waals surface area contributed by atoms with Gasteiger partial charge in [0.1, 0.15) is 12.3 Å². The lowest BCUT2D eigenvalue weighted by Crippen LogP contribution is -2.48. The van der Waals surface area contributed by atoms with Gasteiger partial charge in [0, 0.05) is 38.6 Å². The van der Waals surface area contributed by atoms with E-state index in [1.54, 1.807) is 26.1 Å². The average molecular weight is 546 g/mol. The van der Waals surface area contributed by atoms with Gasteiger partial charge in [-0.1, -0.05) is 32.9 Å². The molecule has 1 heterocycles. The number of amides is 1. The summed E-state index contributed by atoms with van der Waals surface area (Å²) in [6.07, 6.45) is 2.43. The standard InChI is InChI=1S/C23H39N5O2.HI/c1-7-28-13-9-11-19(28)15-24-22(25-16-21(29)27(4)5)26-17-23(2,3)18-10-8-12-20(14-18)30-6;/h8,10,12,14,19H,7,9,11,13,15-17H2,1-6H3,(H2,24,25,26);1H. The van der Waals surface area contributed by atoms with Gasteiger partial charge in [0.05, 0.1) is 7.11 Å². The predicted molar refractivity (Wildman–Crippen MR) is 139 cm³/mol. The van der Waals surface area contributed by atoms with Gasteiger partial charge in [0.15, 0.2) is 5.96 Å². The first-order valence-electron chi connectivity index (χ1n) is 10.9. The van der Waals surface area contributed by atoms with Gasteiger partial charge >= 0.3 is 0 Å². The number of benzene rings is 1. The Morgan fingerprint density at radius 2 is 2.06 bits per heavy atom. The van der Waals surface area contributed by atoms with Gasteiger partial charge in [-0.25, -0.2) is 4.99 Å². The van der Waals surface area contributed by atoms with Gasteiger partial charge in [-0.3, -0.25) is 9.69 Å². The van der Waals surface area contributed by atoms with Gasteiger partial charge in [-0.05, 0) is 43.6 Å². The first-order chi connectivity index (χ1) is 14.3. The number of likely N-dealkylation sites (tertiary alicyclic amines) is 1. The highest BCUT2D eigenvalue weighted by atomic mass is 127. The minimum absolute atomic E-state index is 0. The molecule has 31 heavy (non-hydrogen) atoms. The molecule has 1 aliphatic heterocycles. The summed E-state index contributed by atoms with van der Waals surface area (Å²) in [6.45, 7) is 10.4. The third-order valence-electron chi connectivity index (χ3n) is 5.83. The maximum Gasteiger partial charge on any atom is 0.243 e. The second-order valence-corrected chi connectivity index (χ2v) is 8.73. The predicted octanol–water partition coefficient (Wildman–Crippen LogP) is 2.70. The summed E-state index contributed by atoms with van der Waals surface area (Å²) in [7, 11) is 5.19. The molecule has 1 aliphatic rings. The zero-order valence-electron chi connectivity index (χ0n) is 19.9. The van der Waals surface area contributed by atoms with Crippen molar-refractivity contribution in [3.63, 3.8) is 0 Å². The molecular weight excluding hydrogens is 505 g/mol. The van der Waals surface area contributed by atoms with Crippen LogP contribution in [0.1, 0.15) is 39.2 Å². The van der Waals surface area contributed by atoms with Crippen LogP contribution in [0, 0.1) is 0 Å². The number of rotatable bonds is 9. The molecule has 8 heteroatoms. The molecule has 0 saturated carbocycles. The fraction of sp³-hybridized carbons (Fsp3) is 0.652. The fourth-order valence-corrected chi connectivity index (χ4v) is 3.67.